The Hall–Kier alpha value is -1.34. The van der Waals surface area contributed by atoms with Gasteiger partial charge in [0.25, 0.3) is 0 Å². The molecule has 0 aromatic heterocycles. The second-order valence-electron chi connectivity index (χ2n) is 7.33. The molecule has 0 bridgehead atoms. The van der Waals surface area contributed by atoms with Crippen molar-refractivity contribution in [3.8, 4) is 0 Å². The molecule has 1 unspecified atom stereocenters. The number of rotatable bonds is 1. The molecule has 0 N–H and O–H groups in total. The van der Waals surface area contributed by atoms with E-state index in [-0.39, 0.29) is 23.6 Å². The monoisotopic (exact) mass is 352 g/mol. The summed E-state index contributed by atoms with van der Waals surface area (Å²) >= 11 is 0. The maximum Gasteiger partial charge on any atom is 0.489 e. The highest BCUT2D eigenvalue weighted by Crippen LogP contribution is 2.29. The zero-order valence-corrected chi connectivity index (χ0v) is 15.5. The predicted molar refractivity (Wildman–Crippen MR) is 93.8 cm³/mol. The molecular formula is C18H29BO6. The molecule has 0 amide bonds. The van der Waals surface area contributed by atoms with E-state index >= 15 is 0 Å². The fraction of sp³-hybridized carbons (Fsp3) is 0.778. The lowest BCUT2D eigenvalue weighted by Gasteiger charge is -2.39. The highest BCUT2D eigenvalue weighted by molar-refractivity contribution is 6.54. The molecule has 2 heterocycles. The Morgan fingerprint density at radius 1 is 1.04 bits per heavy atom. The van der Waals surface area contributed by atoms with Gasteiger partial charge >= 0.3 is 19.1 Å². The molecule has 7 heteroatoms. The lowest BCUT2D eigenvalue weighted by molar-refractivity contribution is -0.145. The molecular weight excluding hydrogens is 323 g/mol. The van der Waals surface area contributed by atoms with Crippen LogP contribution in [0.3, 0.4) is 0 Å². The summed E-state index contributed by atoms with van der Waals surface area (Å²) in [7, 11) is -0.457. The van der Waals surface area contributed by atoms with Gasteiger partial charge in [0.2, 0.25) is 0 Å². The third kappa shape index (κ3) is 7.20. The summed E-state index contributed by atoms with van der Waals surface area (Å²) in [5.74, 6) is -0.454. The van der Waals surface area contributed by atoms with Gasteiger partial charge in [-0.3, -0.25) is 9.59 Å². The zero-order chi connectivity index (χ0) is 18.3. The summed E-state index contributed by atoms with van der Waals surface area (Å²) in [5.41, 5.74) is 0.659. The molecule has 6 nitrogen and oxygen atoms in total. The Labute approximate surface area is 150 Å². The number of esters is 2. The minimum absolute atomic E-state index is 0.0862. The van der Waals surface area contributed by atoms with Gasteiger partial charge in [-0.25, -0.2) is 0 Å². The molecule has 0 spiro atoms. The summed E-state index contributed by atoms with van der Waals surface area (Å²) in [6.07, 6.45) is 5.97. The largest absolute Gasteiger partial charge is 0.489 e. The summed E-state index contributed by atoms with van der Waals surface area (Å²) in [6, 6.07) is 0. The van der Waals surface area contributed by atoms with Crippen LogP contribution in [-0.4, -0.2) is 44.0 Å². The molecule has 0 radical (unpaired) electrons. The van der Waals surface area contributed by atoms with Crippen molar-refractivity contribution in [2.45, 2.75) is 77.4 Å². The molecule has 0 saturated carbocycles. The van der Waals surface area contributed by atoms with Gasteiger partial charge in [-0.15, -0.1) is 0 Å². The van der Waals surface area contributed by atoms with E-state index in [4.69, 9.17) is 18.8 Å². The summed E-state index contributed by atoms with van der Waals surface area (Å²) < 4.78 is 22.5. The minimum atomic E-state index is -0.457. The van der Waals surface area contributed by atoms with Crippen molar-refractivity contribution in [2.24, 2.45) is 0 Å². The first-order valence-corrected chi connectivity index (χ1v) is 9.19. The minimum Gasteiger partial charge on any atom is -0.465 e. The number of hydrogen-bond acceptors (Lipinski definition) is 6. The van der Waals surface area contributed by atoms with Gasteiger partial charge < -0.3 is 18.8 Å². The van der Waals surface area contributed by atoms with E-state index in [9.17, 15) is 9.59 Å². The van der Waals surface area contributed by atoms with Crippen LogP contribution in [0.4, 0.5) is 0 Å². The summed E-state index contributed by atoms with van der Waals surface area (Å²) in [5, 5.41) is 0. The Balaban J connectivity index is 2.04. The fourth-order valence-electron chi connectivity index (χ4n) is 3.18. The van der Waals surface area contributed by atoms with Crippen LogP contribution in [0.5, 0.6) is 0 Å². The standard InChI is InChI=1S/C18H29BO6/c1-14-13-18(2,3)25-19(24-14)15-7-6-11-22-16(20)8-4-5-9-17(21)23-12-10-15/h7,14H,4-6,8-13H2,1-3H3/b15-7-. The molecule has 1 atom stereocenters. The van der Waals surface area contributed by atoms with Crippen LogP contribution in [0, 0.1) is 0 Å². The van der Waals surface area contributed by atoms with Gasteiger partial charge in [-0.2, -0.15) is 0 Å². The number of carbonyl (C=O) groups excluding carboxylic acids is 2. The van der Waals surface area contributed by atoms with E-state index < -0.39 is 7.12 Å². The quantitative estimate of drug-likeness (QED) is 0.534. The molecule has 140 valence electrons. The number of ether oxygens (including phenoxy) is 2. The van der Waals surface area contributed by atoms with Gasteiger partial charge in [-0.05, 0) is 58.3 Å². The lowest BCUT2D eigenvalue weighted by atomic mass is 9.72. The smallest absolute Gasteiger partial charge is 0.465 e. The van der Waals surface area contributed by atoms with Crippen LogP contribution in [0.2, 0.25) is 0 Å². The van der Waals surface area contributed by atoms with Crippen molar-refractivity contribution in [1.82, 2.24) is 0 Å². The van der Waals surface area contributed by atoms with Crippen LogP contribution in [0.15, 0.2) is 11.5 Å². The lowest BCUT2D eigenvalue weighted by Crippen LogP contribution is -2.47. The van der Waals surface area contributed by atoms with E-state index in [0.29, 0.717) is 51.7 Å². The first kappa shape index (κ1) is 20.0. The Morgan fingerprint density at radius 3 is 2.32 bits per heavy atom. The SMILES string of the molecule is CC1CC(C)(C)OB(/C2=C\CCOC(=O)CCCCC(=O)OCC2)O1. The van der Waals surface area contributed by atoms with Gasteiger partial charge in [0.05, 0.1) is 18.8 Å². The third-order valence-electron chi connectivity index (χ3n) is 4.32. The third-order valence-corrected chi connectivity index (χ3v) is 4.32. The van der Waals surface area contributed by atoms with E-state index in [1.165, 1.54) is 0 Å². The topological polar surface area (TPSA) is 71.1 Å². The molecule has 2 aliphatic heterocycles. The normalized spacial score (nSPS) is 29.0. The Bertz CT molecular complexity index is 502. The van der Waals surface area contributed by atoms with Crippen LogP contribution >= 0.6 is 0 Å². The molecule has 2 aliphatic rings. The van der Waals surface area contributed by atoms with E-state index in [0.717, 1.165) is 11.9 Å². The van der Waals surface area contributed by atoms with E-state index in [1.54, 1.807) is 0 Å². The van der Waals surface area contributed by atoms with Gasteiger partial charge in [-0.1, -0.05) is 6.08 Å². The zero-order valence-electron chi connectivity index (χ0n) is 15.5. The second kappa shape index (κ2) is 9.39. The van der Waals surface area contributed by atoms with E-state index in [2.05, 4.69) is 0 Å². The van der Waals surface area contributed by atoms with Crippen LogP contribution < -0.4 is 0 Å². The van der Waals surface area contributed by atoms with Crippen molar-refractivity contribution in [1.29, 1.82) is 0 Å². The van der Waals surface area contributed by atoms with E-state index in [1.807, 2.05) is 26.8 Å². The summed E-state index contributed by atoms with van der Waals surface area (Å²) in [4.78, 5) is 23.4. The molecule has 1 saturated heterocycles. The number of cyclic esters (lactones) is 2. The van der Waals surface area contributed by atoms with Crippen molar-refractivity contribution in [2.75, 3.05) is 13.2 Å². The molecule has 0 aromatic carbocycles. The average molecular weight is 352 g/mol. The van der Waals surface area contributed by atoms with Gasteiger partial charge in [0.15, 0.2) is 0 Å². The maximum atomic E-state index is 11.8. The van der Waals surface area contributed by atoms with Gasteiger partial charge in [0, 0.05) is 18.9 Å². The van der Waals surface area contributed by atoms with Crippen molar-refractivity contribution in [3.05, 3.63) is 11.5 Å². The Morgan fingerprint density at radius 2 is 1.68 bits per heavy atom. The number of carbonyl (C=O) groups is 2. The predicted octanol–water partition coefficient (Wildman–Crippen LogP) is 2.98. The Kier molecular flexibility index (Phi) is 7.50. The second-order valence-corrected chi connectivity index (χ2v) is 7.33. The van der Waals surface area contributed by atoms with Crippen molar-refractivity contribution in [3.63, 3.8) is 0 Å². The first-order valence-electron chi connectivity index (χ1n) is 9.19. The average Bonchev–Trinajstić information content (AvgIpc) is 2.51. The molecule has 0 aromatic rings. The highest BCUT2D eigenvalue weighted by Gasteiger charge is 2.39. The summed E-state index contributed by atoms with van der Waals surface area (Å²) in [6.45, 7) is 6.77. The molecule has 25 heavy (non-hydrogen) atoms. The molecule has 1 fully saturated rings. The fourth-order valence-corrected chi connectivity index (χ4v) is 3.18. The van der Waals surface area contributed by atoms with Crippen LogP contribution in [0.1, 0.15) is 65.7 Å². The number of hydrogen-bond donors (Lipinski definition) is 0. The molecule has 0 aliphatic carbocycles. The molecule has 2 rings (SSSR count). The van der Waals surface area contributed by atoms with Crippen LogP contribution in [-0.2, 0) is 28.4 Å². The van der Waals surface area contributed by atoms with Crippen LogP contribution in [0.25, 0.3) is 0 Å². The maximum absolute atomic E-state index is 11.8. The first-order chi connectivity index (χ1) is 11.9. The highest BCUT2D eigenvalue weighted by atomic mass is 16.6. The van der Waals surface area contributed by atoms with Crippen molar-refractivity contribution < 1.29 is 28.4 Å². The van der Waals surface area contributed by atoms with Crippen molar-refractivity contribution >= 4 is 19.1 Å². The van der Waals surface area contributed by atoms with Gasteiger partial charge in [0.1, 0.15) is 0 Å².